The van der Waals surface area contributed by atoms with Gasteiger partial charge in [-0.25, -0.2) is 18.6 Å². The van der Waals surface area contributed by atoms with Gasteiger partial charge in [-0.15, -0.1) is 10.2 Å². The van der Waals surface area contributed by atoms with Crippen molar-refractivity contribution in [3.05, 3.63) is 30.6 Å². The molecule has 0 unspecified atom stereocenters. The summed E-state index contributed by atoms with van der Waals surface area (Å²) in [6.45, 7) is 0. The van der Waals surface area contributed by atoms with Gasteiger partial charge in [-0.1, -0.05) is 6.07 Å². The standard InChI is InChI=1S/C6H8NO.ClHO4/c1-8-7-5-3-2-4-6-7;2-1(3,4)5/h2-6H,1H3;(H,2,3,4,5)/q+1;/p-1. The van der Waals surface area contributed by atoms with Crippen molar-refractivity contribution >= 4 is 0 Å². The van der Waals surface area contributed by atoms with Crippen LogP contribution in [0.2, 0.25) is 0 Å². The van der Waals surface area contributed by atoms with Crippen LogP contribution in [0.4, 0.5) is 0 Å². The summed E-state index contributed by atoms with van der Waals surface area (Å²) in [5.41, 5.74) is 0. The molecule has 1 heterocycles. The zero-order chi connectivity index (χ0) is 10.3. The predicted octanol–water partition coefficient (Wildman–Crippen LogP) is -4.72. The van der Waals surface area contributed by atoms with Gasteiger partial charge >= 0.3 is 0 Å². The highest BCUT2D eigenvalue weighted by atomic mass is 35.7. The molecule has 0 saturated carbocycles. The Balaban J connectivity index is 0.000000252. The van der Waals surface area contributed by atoms with E-state index in [1.807, 2.05) is 30.6 Å². The molecule has 7 heteroatoms. The molecule has 1 aromatic rings. The lowest BCUT2D eigenvalue weighted by atomic mass is 10.5. The molecular formula is C6H8ClNO5. The van der Waals surface area contributed by atoms with Crippen LogP contribution in [-0.2, 0) is 0 Å². The highest BCUT2D eigenvalue weighted by Gasteiger charge is 1.88. The van der Waals surface area contributed by atoms with E-state index in [2.05, 4.69) is 0 Å². The maximum Gasteiger partial charge on any atom is 0.222 e. The summed E-state index contributed by atoms with van der Waals surface area (Å²) in [5.74, 6) is 0. The SMILES string of the molecule is CO[n+]1ccccc1.[O-][Cl+3]([O-])([O-])[O-]. The van der Waals surface area contributed by atoms with Crippen LogP contribution in [0.3, 0.4) is 0 Å². The molecule has 0 atom stereocenters. The highest BCUT2D eigenvalue weighted by Crippen LogP contribution is 1.72. The molecule has 0 N–H and O–H groups in total. The number of nitrogens with zero attached hydrogens (tertiary/aromatic N) is 1. The van der Waals surface area contributed by atoms with E-state index in [-0.39, 0.29) is 0 Å². The molecule has 6 nitrogen and oxygen atoms in total. The van der Waals surface area contributed by atoms with Gasteiger partial charge in [-0.05, 0) is 0 Å². The molecule has 0 aliphatic heterocycles. The summed E-state index contributed by atoms with van der Waals surface area (Å²) in [5, 5.41) is 0. The zero-order valence-corrected chi connectivity index (χ0v) is 7.51. The van der Waals surface area contributed by atoms with E-state index in [9.17, 15) is 0 Å². The molecule has 0 saturated heterocycles. The molecule has 1 aromatic heterocycles. The zero-order valence-electron chi connectivity index (χ0n) is 6.75. The third-order valence-corrected chi connectivity index (χ3v) is 0.899. The molecular weight excluding hydrogens is 202 g/mol. The van der Waals surface area contributed by atoms with Gasteiger partial charge in [0.25, 0.3) is 0 Å². The molecule has 0 aromatic carbocycles. The first-order valence-electron chi connectivity index (χ1n) is 3.06. The quantitative estimate of drug-likeness (QED) is 0.432. The Hall–Kier alpha value is -0.920. The summed E-state index contributed by atoms with van der Waals surface area (Å²) < 4.78 is 35.6. The smallest absolute Gasteiger partial charge is 0.222 e. The van der Waals surface area contributed by atoms with Gasteiger partial charge < -0.3 is 0 Å². The molecule has 0 fully saturated rings. The van der Waals surface area contributed by atoms with E-state index < -0.39 is 10.2 Å². The van der Waals surface area contributed by atoms with Crippen molar-refractivity contribution in [3.63, 3.8) is 0 Å². The van der Waals surface area contributed by atoms with Gasteiger partial charge in [0.15, 0.2) is 0 Å². The minimum Gasteiger partial charge on any atom is -0.275 e. The molecule has 74 valence electrons. The van der Waals surface area contributed by atoms with Gasteiger partial charge in [0.1, 0.15) is 7.11 Å². The summed E-state index contributed by atoms with van der Waals surface area (Å²) >= 11 is 0. The van der Waals surface area contributed by atoms with E-state index in [1.165, 1.54) is 0 Å². The molecule has 0 amide bonds. The average molecular weight is 210 g/mol. The molecule has 1 rings (SSSR count). The molecule has 0 aliphatic carbocycles. The minimum absolute atomic E-state index is 1.62. The van der Waals surface area contributed by atoms with Crippen molar-refractivity contribution < 1.29 is 38.4 Å². The van der Waals surface area contributed by atoms with Crippen molar-refractivity contribution in [1.29, 1.82) is 0 Å². The topological polar surface area (TPSA) is 105 Å². The van der Waals surface area contributed by atoms with Crippen molar-refractivity contribution in [2.75, 3.05) is 7.11 Å². The fraction of sp³-hybridized carbons (Fsp3) is 0.167. The summed E-state index contributed by atoms with van der Waals surface area (Å²) in [6.07, 6.45) is 3.67. The Morgan fingerprint density at radius 2 is 1.38 bits per heavy atom. The largest absolute Gasteiger partial charge is 0.275 e. The Bertz CT molecular complexity index is 218. The van der Waals surface area contributed by atoms with Crippen LogP contribution >= 0.6 is 0 Å². The number of rotatable bonds is 1. The van der Waals surface area contributed by atoms with Crippen LogP contribution in [0.1, 0.15) is 0 Å². The fourth-order valence-electron chi connectivity index (χ4n) is 0.505. The second-order valence-corrected chi connectivity index (χ2v) is 2.55. The summed E-state index contributed by atoms with van der Waals surface area (Å²) in [7, 11) is -3.32. The molecule has 0 radical (unpaired) electrons. The first kappa shape index (κ1) is 12.1. The van der Waals surface area contributed by atoms with Crippen molar-refractivity contribution in [2.45, 2.75) is 0 Å². The van der Waals surface area contributed by atoms with Gasteiger partial charge in [-0.3, -0.25) is 4.84 Å². The van der Waals surface area contributed by atoms with Crippen LogP contribution in [0.5, 0.6) is 0 Å². The van der Waals surface area contributed by atoms with Crippen LogP contribution in [-0.4, -0.2) is 7.11 Å². The number of halogens is 1. The first-order valence-corrected chi connectivity index (χ1v) is 4.29. The van der Waals surface area contributed by atoms with E-state index in [4.69, 9.17) is 23.5 Å². The highest BCUT2D eigenvalue weighted by molar-refractivity contribution is 4.83. The third kappa shape index (κ3) is 11.1. The van der Waals surface area contributed by atoms with E-state index in [0.29, 0.717) is 0 Å². The maximum absolute atomic E-state index is 8.49. The Morgan fingerprint density at radius 3 is 1.62 bits per heavy atom. The lowest BCUT2D eigenvalue weighted by Gasteiger charge is -2.17. The Morgan fingerprint density at radius 1 is 1.00 bits per heavy atom. The number of pyridine rings is 1. The Kier molecular flexibility index (Phi) is 5.28. The van der Waals surface area contributed by atoms with Gasteiger partial charge in [0, 0.05) is 16.9 Å². The van der Waals surface area contributed by atoms with E-state index >= 15 is 0 Å². The van der Waals surface area contributed by atoms with Crippen LogP contribution in [0.25, 0.3) is 0 Å². The molecule has 0 aliphatic rings. The second kappa shape index (κ2) is 5.68. The number of hydrogen-bond donors (Lipinski definition) is 0. The van der Waals surface area contributed by atoms with E-state index in [1.54, 1.807) is 11.8 Å². The van der Waals surface area contributed by atoms with Crippen molar-refractivity contribution in [1.82, 2.24) is 0 Å². The molecule has 0 bridgehead atoms. The summed E-state index contributed by atoms with van der Waals surface area (Å²) in [6, 6.07) is 5.75. The molecule has 13 heavy (non-hydrogen) atoms. The monoisotopic (exact) mass is 209 g/mol. The summed E-state index contributed by atoms with van der Waals surface area (Å²) in [4.78, 5) is 4.83. The van der Waals surface area contributed by atoms with Crippen molar-refractivity contribution in [2.24, 2.45) is 0 Å². The van der Waals surface area contributed by atoms with Gasteiger partial charge in [0.2, 0.25) is 12.4 Å². The van der Waals surface area contributed by atoms with Crippen LogP contribution < -0.4 is 28.2 Å². The van der Waals surface area contributed by atoms with E-state index in [0.717, 1.165) is 0 Å². The van der Waals surface area contributed by atoms with Crippen LogP contribution in [0.15, 0.2) is 30.6 Å². The van der Waals surface area contributed by atoms with Gasteiger partial charge in [0.05, 0.1) is 0 Å². The van der Waals surface area contributed by atoms with Crippen molar-refractivity contribution in [3.8, 4) is 0 Å². The normalized spacial score (nSPS) is 9.92. The van der Waals surface area contributed by atoms with Gasteiger partial charge in [-0.2, -0.15) is 0 Å². The lowest BCUT2D eigenvalue weighted by molar-refractivity contribution is -2.00. The molecule has 0 spiro atoms. The third-order valence-electron chi connectivity index (χ3n) is 0.899. The number of aromatic nitrogens is 1. The lowest BCUT2D eigenvalue weighted by Crippen LogP contribution is -2.68. The fourth-order valence-corrected chi connectivity index (χ4v) is 0.505. The average Bonchev–Trinajstić information content (AvgIpc) is 2.03. The second-order valence-electron chi connectivity index (χ2n) is 1.80. The Labute approximate surface area is 76.9 Å². The maximum atomic E-state index is 8.49. The minimum atomic E-state index is -4.94. The van der Waals surface area contributed by atoms with Crippen LogP contribution in [0, 0.1) is 10.2 Å². The first-order chi connectivity index (χ1) is 5.93. The number of hydrogen-bond acceptors (Lipinski definition) is 5. The predicted molar refractivity (Wildman–Crippen MR) is 29.1 cm³/mol.